The normalized spacial score (nSPS) is 23.3. The van der Waals surface area contributed by atoms with E-state index in [9.17, 15) is 19.2 Å². The zero-order chi connectivity index (χ0) is 17.3. The summed E-state index contributed by atoms with van der Waals surface area (Å²) in [4.78, 5) is 49.7. The molecule has 0 bridgehead atoms. The summed E-state index contributed by atoms with van der Waals surface area (Å²) < 4.78 is 5.38. The van der Waals surface area contributed by atoms with E-state index in [0.717, 1.165) is 29.1 Å². The van der Waals surface area contributed by atoms with E-state index in [0.29, 0.717) is 22.1 Å². The van der Waals surface area contributed by atoms with Crippen LogP contribution in [0.15, 0.2) is 12.1 Å². The van der Waals surface area contributed by atoms with Crippen molar-refractivity contribution >= 4 is 46.5 Å². The summed E-state index contributed by atoms with van der Waals surface area (Å²) in [5, 5.41) is 0. The van der Waals surface area contributed by atoms with E-state index in [1.807, 2.05) is 0 Å². The molecule has 1 saturated heterocycles. The van der Waals surface area contributed by atoms with E-state index >= 15 is 0 Å². The zero-order valence-corrected chi connectivity index (χ0v) is 14.4. The molecule has 1 saturated carbocycles. The molecule has 1 aliphatic carbocycles. The molecule has 1 aromatic rings. The number of imide groups is 1. The summed E-state index contributed by atoms with van der Waals surface area (Å²) in [5.41, 5.74) is 0. The first-order valence-corrected chi connectivity index (χ1v) is 8.96. The highest BCUT2D eigenvalue weighted by Crippen LogP contribution is 2.37. The SMILES string of the molecule is O=C(CN1C(=O)[C@H]2CCCC[C@H]2C1=O)OCC(=O)c1ccc(Cl)s1. The van der Waals surface area contributed by atoms with Gasteiger partial charge in [-0.05, 0) is 25.0 Å². The maximum atomic E-state index is 12.3. The average molecular weight is 370 g/mol. The molecular formula is C16H16ClNO5S. The number of ether oxygens (including phenoxy) is 1. The molecule has 0 spiro atoms. The lowest BCUT2D eigenvalue weighted by Crippen LogP contribution is -2.37. The van der Waals surface area contributed by atoms with Crippen LogP contribution in [0.1, 0.15) is 35.4 Å². The van der Waals surface area contributed by atoms with Gasteiger partial charge in [-0.15, -0.1) is 11.3 Å². The Kier molecular flexibility index (Phi) is 5.01. The van der Waals surface area contributed by atoms with E-state index in [1.54, 1.807) is 12.1 Å². The number of Topliss-reactive ketones (excluding diaryl/α,β-unsaturated/α-hetero) is 1. The number of ketones is 1. The monoisotopic (exact) mass is 369 g/mol. The summed E-state index contributed by atoms with van der Waals surface area (Å²) in [6, 6.07) is 3.14. The Morgan fingerprint density at radius 1 is 1.17 bits per heavy atom. The number of esters is 1. The fraction of sp³-hybridized carbons (Fsp3) is 0.500. The molecule has 3 rings (SSSR count). The molecule has 0 radical (unpaired) electrons. The average Bonchev–Trinajstić information content (AvgIpc) is 3.11. The first-order chi connectivity index (χ1) is 11.5. The third-order valence-corrected chi connectivity index (χ3v) is 5.70. The maximum absolute atomic E-state index is 12.3. The van der Waals surface area contributed by atoms with E-state index in [-0.39, 0.29) is 29.4 Å². The van der Waals surface area contributed by atoms with E-state index in [1.165, 1.54) is 0 Å². The Balaban J connectivity index is 1.54. The minimum Gasteiger partial charge on any atom is -0.456 e. The molecule has 24 heavy (non-hydrogen) atoms. The number of amides is 2. The summed E-state index contributed by atoms with van der Waals surface area (Å²) in [5.74, 6) is -2.31. The maximum Gasteiger partial charge on any atom is 0.326 e. The minimum atomic E-state index is -0.758. The number of hydrogen-bond donors (Lipinski definition) is 0. The molecule has 0 N–H and O–H groups in total. The first-order valence-electron chi connectivity index (χ1n) is 7.76. The highest BCUT2D eigenvalue weighted by molar-refractivity contribution is 7.18. The van der Waals surface area contributed by atoms with Crippen LogP contribution in [0, 0.1) is 11.8 Å². The van der Waals surface area contributed by atoms with Crippen molar-refractivity contribution in [3.8, 4) is 0 Å². The summed E-state index contributed by atoms with van der Waals surface area (Å²) >= 11 is 6.85. The van der Waals surface area contributed by atoms with Crippen LogP contribution >= 0.6 is 22.9 Å². The van der Waals surface area contributed by atoms with Gasteiger partial charge < -0.3 is 4.74 Å². The van der Waals surface area contributed by atoms with Gasteiger partial charge in [0.15, 0.2) is 6.61 Å². The van der Waals surface area contributed by atoms with Crippen LogP contribution in [0.5, 0.6) is 0 Å². The van der Waals surface area contributed by atoms with Gasteiger partial charge in [-0.25, -0.2) is 0 Å². The van der Waals surface area contributed by atoms with Gasteiger partial charge >= 0.3 is 5.97 Å². The molecule has 6 nitrogen and oxygen atoms in total. The van der Waals surface area contributed by atoms with Crippen LogP contribution in [0.2, 0.25) is 4.34 Å². The number of halogens is 1. The van der Waals surface area contributed by atoms with Crippen molar-refractivity contribution in [2.45, 2.75) is 25.7 Å². The lowest BCUT2D eigenvalue weighted by atomic mass is 9.81. The molecule has 1 aromatic heterocycles. The molecule has 8 heteroatoms. The highest BCUT2D eigenvalue weighted by Gasteiger charge is 2.48. The van der Waals surface area contributed by atoms with Crippen LogP contribution in [0.25, 0.3) is 0 Å². The van der Waals surface area contributed by atoms with Crippen molar-refractivity contribution in [1.82, 2.24) is 4.90 Å². The van der Waals surface area contributed by atoms with Crippen molar-refractivity contribution in [2.75, 3.05) is 13.2 Å². The Morgan fingerprint density at radius 3 is 2.33 bits per heavy atom. The van der Waals surface area contributed by atoms with Crippen LogP contribution in [0.4, 0.5) is 0 Å². The van der Waals surface area contributed by atoms with Gasteiger partial charge in [0.25, 0.3) is 0 Å². The summed E-state index contributed by atoms with van der Waals surface area (Å²) in [6.07, 6.45) is 3.24. The number of nitrogens with zero attached hydrogens (tertiary/aromatic N) is 1. The molecule has 128 valence electrons. The van der Waals surface area contributed by atoms with Crippen LogP contribution < -0.4 is 0 Å². The van der Waals surface area contributed by atoms with Gasteiger partial charge in [-0.2, -0.15) is 0 Å². The summed E-state index contributed by atoms with van der Waals surface area (Å²) in [7, 11) is 0. The van der Waals surface area contributed by atoms with Crippen LogP contribution in [0.3, 0.4) is 0 Å². The summed E-state index contributed by atoms with van der Waals surface area (Å²) in [6.45, 7) is -0.859. The zero-order valence-electron chi connectivity index (χ0n) is 12.8. The van der Waals surface area contributed by atoms with Gasteiger partial charge in [-0.1, -0.05) is 24.4 Å². The molecule has 0 unspecified atom stereocenters. The number of fused-ring (bicyclic) bond motifs is 1. The van der Waals surface area contributed by atoms with Crippen molar-refractivity contribution in [2.24, 2.45) is 11.8 Å². The highest BCUT2D eigenvalue weighted by atomic mass is 35.5. The Hall–Kier alpha value is -1.73. The van der Waals surface area contributed by atoms with E-state index in [2.05, 4.69) is 0 Å². The van der Waals surface area contributed by atoms with Gasteiger partial charge in [0.05, 0.1) is 21.0 Å². The molecular weight excluding hydrogens is 354 g/mol. The fourth-order valence-corrected chi connectivity index (χ4v) is 4.21. The molecule has 1 aliphatic heterocycles. The Bertz CT molecular complexity index is 676. The van der Waals surface area contributed by atoms with Gasteiger partial charge in [-0.3, -0.25) is 24.1 Å². The number of rotatable bonds is 5. The van der Waals surface area contributed by atoms with Crippen molar-refractivity contribution in [3.63, 3.8) is 0 Å². The molecule has 2 amide bonds. The second-order valence-electron chi connectivity index (χ2n) is 5.95. The molecule has 2 fully saturated rings. The number of carbonyl (C=O) groups is 4. The van der Waals surface area contributed by atoms with Crippen LogP contribution in [-0.4, -0.2) is 41.6 Å². The number of carbonyl (C=O) groups excluding carboxylic acids is 4. The molecule has 2 atom stereocenters. The Morgan fingerprint density at radius 2 is 1.79 bits per heavy atom. The van der Waals surface area contributed by atoms with E-state index < -0.39 is 19.1 Å². The van der Waals surface area contributed by atoms with Gasteiger partial charge in [0.1, 0.15) is 6.54 Å². The molecule has 2 heterocycles. The first kappa shape index (κ1) is 17.1. The lowest BCUT2D eigenvalue weighted by molar-refractivity contribution is -0.152. The molecule has 0 aromatic carbocycles. The van der Waals surface area contributed by atoms with Crippen LogP contribution in [-0.2, 0) is 19.1 Å². The second kappa shape index (κ2) is 7.03. The van der Waals surface area contributed by atoms with E-state index in [4.69, 9.17) is 16.3 Å². The third kappa shape index (κ3) is 3.37. The minimum absolute atomic E-state index is 0.294. The lowest BCUT2D eigenvalue weighted by Gasteiger charge is -2.19. The smallest absolute Gasteiger partial charge is 0.326 e. The predicted molar refractivity (Wildman–Crippen MR) is 86.8 cm³/mol. The van der Waals surface area contributed by atoms with Gasteiger partial charge in [0.2, 0.25) is 17.6 Å². The quantitative estimate of drug-likeness (QED) is 0.452. The second-order valence-corrected chi connectivity index (χ2v) is 7.66. The topological polar surface area (TPSA) is 80.8 Å². The Labute approximate surface area is 147 Å². The number of hydrogen-bond acceptors (Lipinski definition) is 6. The fourth-order valence-electron chi connectivity index (χ4n) is 3.24. The standard InChI is InChI=1S/C16H16ClNO5S/c17-13-6-5-12(24-13)11(19)8-23-14(20)7-18-15(21)9-3-1-2-4-10(9)16(18)22/h5-6,9-10H,1-4,7-8H2/t9-,10+. The van der Waals surface area contributed by atoms with Crippen molar-refractivity contribution in [1.29, 1.82) is 0 Å². The van der Waals surface area contributed by atoms with Gasteiger partial charge in [0, 0.05) is 0 Å². The van der Waals surface area contributed by atoms with Crippen molar-refractivity contribution in [3.05, 3.63) is 21.3 Å². The largest absolute Gasteiger partial charge is 0.456 e. The molecule has 2 aliphatic rings. The van der Waals surface area contributed by atoms with Crippen molar-refractivity contribution < 1.29 is 23.9 Å². The number of thiophene rings is 1. The predicted octanol–water partition coefficient (Wildman–Crippen LogP) is 2.30. The number of likely N-dealkylation sites (tertiary alicyclic amines) is 1. The third-order valence-electron chi connectivity index (χ3n) is 4.43.